The molecule has 20 heavy (non-hydrogen) atoms. The molecule has 104 valence electrons. The van der Waals surface area contributed by atoms with Crippen molar-refractivity contribution in [3.05, 3.63) is 57.2 Å². The molecule has 0 aliphatic rings. The molecule has 5 heteroatoms. The van der Waals surface area contributed by atoms with E-state index >= 15 is 0 Å². The average Bonchev–Trinajstić information content (AvgIpc) is 2.98. The Morgan fingerprint density at radius 1 is 1.30 bits per heavy atom. The van der Waals surface area contributed by atoms with Crippen molar-refractivity contribution >= 4 is 22.3 Å². The van der Waals surface area contributed by atoms with Crippen LogP contribution < -0.4 is 11.3 Å². The van der Waals surface area contributed by atoms with E-state index in [2.05, 4.69) is 5.43 Å². The minimum atomic E-state index is -0.267. The highest BCUT2D eigenvalue weighted by molar-refractivity contribution is 7.10. The van der Waals surface area contributed by atoms with Gasteiger partial charge in [0.15, 0.2) is 0 Å². The van der Waals surface area contributed by atoms with Crippen LogP contribution in [0, 0.1) is 19.7 Å². The van der Waals surface area contributed by atoms with Crippen molar-refractivity contribution in [2.45, 2.75) is 19.9 Å². The molecule has 2 aromatic heterocycles. The first-order chi connectivity index (χ1) is 9.61. The van der Waals surface area contributed by atoms with Gasteiger partial charge in [-0.2, -0.15) is 0 Å². The first-order valence-electron chi connectivity index (χ1n) is 6.30. The smallest absolute Gasteiger partial charge is 0.134 e. The van der Waals surface area contributed by atoms with Crippen LogP contribution >= 0.6 is 11.3 Å². The number of nitrogens with one attached hydrogen (secondary N) is 1. The third-order valence-electron chi connectivity index (χ3n) is 3.57. The van der Waals surface area contributed by atoms with Crippen molar-refractivity contribution in [1.29, 1.82) is 0 Å². The number of hydrogen-bond donors (Lipinski definition) is 2. The molecule has 0 saturated carbocycles. The Morgan fingerprint density at radius 3 is 2.75 bits per heavy atom. The lowest BCUT2D eigenvalue weighted by atomic mass is 10.0. The zero-order valence-corrected chi connectivity index (χ0v) is 12.1. The van der Waals surface area contributed by atoms with Crippen LogP contribution in [-0.4, -0.2) is 0 Å². The summed E-state index contributed by atoms with van der Waals surface area (Å²) in [4.78, 5) is 1.18. The Bertz CT molecular complexity index is 762. The summed E-state index contributed by atoms with van der Waals surface area (Å²) in [6.07, 6.45) is 0. The van der Waals surface area contributed by atoms with Crippen LogP contribution in [0.15, 0.2) is 34.1 Å². The average molecular weight is 290 g/mol. The fourth-order valence-corrected chi connectivity index (χ4v) is 3.23. The number of nitrogens with two attached hydrogens (primary N) is 1. The van der Waals surface area contributed by atoms with Crippen LogP contribution in [0.3, 0.4) is 0 Å². The van der Waals surface area contributed by atoms with Crippen LogP contribution in [0.5, 0.6) is 0 Å². The van der Waals surface area contributed by atoms with E-state index in [0.29, 0.717) is 5.58 Å². The second-order valence-corrected chi connectivity index (χ2v) is 5.88. The molecule has 0 saturated heterocycles. The first-order valence-corrected chi connectivity index (χ1v) is 7.18. The van der Waals surface area contributed by atoms with Crippen LogP contribution in [0.4, 0.5) is 4.39 Å². The number of thiophene rings is 1. The van der Waals surface area contributed by atoms with E-state index in [1.54, 1.807) is 17.4 Å². The Balaban J connectivity index is 2.18. The summed E-state index contributed by atoms with van der Waals surface area (Å²) in [6.45, 7) is 3.97. The number of rotatable bonds is 3. The molecule has 1 unspecified atom stereocenters. The second kappa shape index (κ2) is 5.01. The van der Waals surface area contributed by atoms with Gasteiger partial charge in [-0.15, -0.1) is 11.3 Å². The number of halogens is 1. The lowest BCUT2D eigenvalue weighted by Crippen LogP contribution is -2.29. The number of aryl methyl sites for hydroxylation is 2. The third kappa shape index (κ3) is 2.04. The molecule has 0 amide bonds. The van der Waals surface area contributed by atoms with E-state index < -0.39 is 0 Å². The summed E-state index contributed by atoms with van der Waals surface area (Å²) in [6, 6.07) is 6.34. The summed E-state index contributed by atoms with van der Waals surface area (Å²) < 4.78 is 19.2. The minimum Gasteiger partial charge on any atom is -0.459 e. The van der Waals surface area contributed by atoms with Gasteiger partial charge in [0.05, 0.1) is 0 Å². The van der Waals surface area contributed by atoms with Gasteiger partial charge in [0.25, 0.3) is 0 Å². The highest BCUT2D eigenvalue weighted by Gasteiger charge is 2.23. The van der Waals surface area contributed by atoms with Crippen molar-refractivity contribution in [2.24, 2.45) is 5.84 Å². The summed E-state index contributed by atoms with van der Waals surface area (Å²) >= 11 is 1.66. The van der Waals surface area contributed by atoms with Crippen molar-refractivity contribution in [2.75, 3.05) is 0 Å². The molecule has 3 N–H and O–H groups in total. The number of benzene rings is 1. The van der Waals surface area contributed by atoms with E-state index in [1.807, 2.05) is 25.3 Å². The van der Waals surface area contributed by atoms with Gasteiger partial charge in [0.1, 0.15) is 23.2 Å². The van der Waals surface area contributed by atoms with Crippen molar-refractivity contribution in [3.63, 3.8) is 0 Å². The summed E-state index contributed by atoms with van der Waals surface area (Å²) in [5.74, 6) is 6.17. The molecule has 3 aromatic rings. The van der Waals surface area contributed by atoms with Gasteiger partial charge in [-0.3, -0.25) is 5.84 Å². The van der Waals surface area contributed by atoms with Gasteiger partial charge in [0.2, 0.25) is 0 Å². The molecule has 0 bridgehead atoms. The SMILES string of the molecule is Cc1sccc1C(NN)c1oc2ccc(F)cc2c1C. The van der Waals surface area contributed by atoms with E-state index in [4.69, 9.17) is 10.3 Å². The molecule has 3 nitrogen and oxygen atoms in total. The van der Waals surface area contributed by atoms with E-state index in [-0.39, 0.29) is 11.9 Å². The summed E-state index contributed by atoms with van der Waals surface area (Å²) in [5.41, 5.74) is 5.46. The van der Waals surface area contributed by atoms with Gasteiger partial charge in [0, 0.05) is 15.8 Å². The maximum absolute atomic E-state index is 13.4. The quantitative estimate of drug-likeness (QED) is 0.570. The molecule has 0 aliphatic carbocycles. The maximum Gasteiger partial charge on any atom is 0.134 e. The first kappa shape index (κ1) is 13.3. The van der Waals surface area contributed by atoms with Crippen LogP contribution in [-0.2, 0) is 0 Å². The molecular weight excluding hydrogens is 275 g/mol. The summed E-state index contributed by atoms with van der Waals surface area (Å²) in [5, 5.41) is 2.81. The van der Waals surface area contributed by atoms with Crippen LogP contribution in [0.1, 0.15) is 27.8 Å². The monoisotopic (exact) mass is 290 g/mol. The largest absolute Gasteiger partial charge is 0.459 e. The lowest BCUT2D eigenvalue weighted by molar-refractivity contribution is 0.473. The standard InChI is InChI=1S/C15H15FN2OS/c1-8-12-7-10(16)3-4-13(12)19-15(8)14(18-17)11-5-6-20-9(11)2/h3-7,14,18H,17H2,1-2H3. The molecule has 0 aliphatic heterocycles. The summed E-state index contributed by atoms with van der Waals surface area (Å²) in [7, 11) is 0. The Morgan fingerprint density at radius 2 is 2.10 bits per heavy atom. The van der Waals surface area contributed by atoms with Gasteiger partial charge in [-0.1, -0.05) is 0 Å². The molecule has 3 rings (SSSR count). The third-order valence-corrected chi connectivity index (χ3v) is 4.44. The molecular formula is C15H15FN2OS. The lowest BCUT2D eigenvalue weighted by Gasteiger charge is -2.14. The van der Waals surface area contributed by atoms with Crippen LogP contribution in [0.25, 0.3) is 11.0 Å². The Labute approximate surface area is 120 Å². The number of furan rings is 1. The number of fused-ring (bicyclic) bond motifs is 1. The normalized spacial score (nSPS) is 13.0. The van der Waals surface area contributed by atoms with Gasteiger partial charge in [-0.25, -0.2) is 9.82 Å². The fourth-order valence-electron chi connectivity index (χ4n) is 2.49. The number of hydrazine groups is 1. The maximum atomic E-state index is 13.4. The van der Waals surface area contributed by atoms with Crippen LogP contribution in [0.2, 0.25) is 0 Å². The van der Waals surface area contributed by atoms with E-state index in [9.17, 15) is 4.39 Å². The van der Waals surface area contributed by atoms with Crippen molar-refractivity contribution < 1.29 is 8.81 Å². The van der Waals surface area contributed by atoms with Crippen molar-refractivity contribution in [1.82, 2.24) is 5.43 Å². The van der Waals surface area contributed by atoms with Gasteiger partial charge >= 0.3 is 0 Å². The van der Waals surface area contributed by atoms with E-state index in [1.165, 1.54) is 17.0 Å². The molecule has 0 spiro atoms. The zero-order chi connectivity index (χ0) is 14.3. The Hall–Kier alpha value is -1.69. The highest BCUT2D eigenvalue weighted by Crippen LogP contribution is 2.34. The molecule has 1 atom stereocenters. The second-order valence-electron chi connectivity index (χ2n) is 4.76. The number of hydrogen-bond acceptors (Lipinski definition) is 4. The molecule has 0 fully saturated rings. The highest BCUT2D eigenvalue weighted by atomic mass is 32.1. The predicted molar refractivity (Wildman–Crippen MR) is 79.1 cm³/mol. The predicted octanol–water partition coefficient (Wildman–Crippen LogP) is 3.80. The van der Waals surface area contributed by atoms with E-state index in [0.717, 1.165) is 22.3 Å². The Kier molecular flexibility index (Phi) is 3.33. The fraction of sp³-hybridized carbons (Fsp3) is 0.200. The molecule has 2 heterocycles. The van der Waals surface area contributed by atoms with Gasteiger partial charge < -0.3 is 4.42 Å². The minimum absolute atomic E-state index is 0.225. The zero-order valence-electron chi connectivity index (χ0n) is 11.2. The van der Waals surface area contributed by atoms with Gasteiger partial charge in [-0.05, 0) is 49.1 Å². The molecule has 0 radical (unpaired) electrons. The van der Waals surface area contributed by atoms with Crippen molar-refractivity contribution in [3.8, 4) is 0 Å². The topological polar surface area (TPSA) is 51.2 Å². The molecule has 1 aromatic carbocycles.